The summed E-state index contributed by atoms with van der Waals surface area (Å²) in [6.45, 7) is 3.75. The zero-order chi connectivity index (χ0) is 12.3. The van der Waals surface area contributed by atoms with Crippen LogP contribution in [0.15, 0.2) is 24.3 Å². The Morgan fingerprint density at radius 1 is 1.18 bits per heavy atom. The molecule has 6 nitrogen and oxygen atoms in total. The molecule has 0 spiro atoms. The highest BCUT2D eigenvalue weighted by atomic mass is 31.2. The standard InChI is InChI=1S/C10H15N2O4P/c13-17(14,15)16-10-3-1-9(2-4-10)12-7-5-11-6-8-12/h1-4,11H,5-8H2,(H2,13,14,15). The van der Waals surface area contributed by atoms with Crippen molar-refractivity contribution < 1.29 is 18.9 Å². The summed E-state index contributed by atoms with van der Waals surface area (Å²) >= 11 is 0. The fourth-order valence-corrected chi connectivity index (χ4v) is 2.17. The molecule has 0 amide bonds. The van der Waals surface area contributed by atoms with E-state index in [9.17, 15) is 4.57 Å². The van der Waals surface area contributed by atoms with Crippen LogP contribution in [0.3, 0.4) is 0 Å². The van der Waals surface area contributed by atoms with Crippen molar-refractivity contribution in [2.24, 2.45) is 0 Å². The molecule has 0 bridgehead atoms. The van der Waals surface area contributed by atoms with Crippen LogP contribution >= 0.6 is 7.82 Å². The summed E-state index contributed by atoms with van der Waals surface area (Å²) < 4.78 is 15.1. The molecule has 1 fully saturated rings. The fourth-order valence-electron chi connectivity index (χ4n) is 1.78. The van der Waals surface area contributed by atoms with Crippen LogP contribution in [0.1, 0.15) is 0 Å². The Morgan fingerprint density at radius 3 is 2.29 bits per heavy atom. The summed E-state index contributed by atoms with van der Waals surface area (Å²) in [7, 11) is -4.46. The number of anilines is 1. The minimum atomic E-state index is -4.46. The number of phosphoric ester groups is 1. The first-order valence-electron chi connectivity index (χ1n) is 5.35. The topological polar surface area (TPSA) is 82.0 Å². The van der Waals surface area contributed by atoms with E-state index in [1.807, 2.05) is 0 Å². The third kappa shape index (κ3) is 3.71. The van der Waals surface area contributed by atoms with E-state index in [0.717, 1.165) is 31.9 Å². The second-order valence-electron chi connectivity index (χ2n) is 3.81. The lowest BCUT2D eigenvalue weighted by atomic mass is 10.2. The molecule has 1 aliphatic rings. The minimum absolute atomic E-state index is 0.178. The first-order valence-corrected chi connectivity index (χ1v) is 6.88. The molecule has 0 aromatic heterocycles. The number of rotatable bonds is 3. The highest BCUT2D eigenvalue weighted by Crippen LogP contribution is 2.37. The minimum Gasteiger partial charge on any atom is -0.404 e. The zero-order valence-electron chi connectivity index (χ0n) is 9.24. The summed E-state index contributed by atoms with van der Waals surface area (Å²) in [5, 5.41) is 3.26. The van der Waals surface area contributed by atoms with Gasteiger partial charge in [0, 0.05) is 31.9 Å². The van der Waals surface area contributed by atoms with E-state index in [1.165, 1.54) is 0 Å². The van der Waals surface area contributed by atoms with Gasteiger partial charge in [-0.1, -0.05) is 0 Å². The highest BCUT2D eigenvalue weighted by molar-refractivity contribution is 7.46. The largest absolute Gasteiger partial charge is 0.524 e. The van der Waals surface area contributed by atoms with Gasteiger partial charge in [-0.3, -0.25) is 9.79 Å². The smallest absolute Gasteiger partial charge is 0.404 e. The molecule has 0 aliphatic carbocycles. The number of phosphoric acid groups is 1. The van der Waals surface area contributed by atoms with Crippen molar-refractivity contribution in [1.29, 1.82) is 0 Å². The van der Waals surface area contributed by atoms with Crippen LogP contribution in [0.4, 0.5) is 5.69 Å². The number of hydrogen-bond donors (Lipinski definition) is 3. The lowest BCUT2D eigenvalue weighted by Gasteiger charge is -2.29. The van der Waals surface area contributed by atoms with E-state index in [0.29, 0.717) is 0 Å². The summed E-state index contributed by atoms with van der Waals surface area (Å²) in [6.07, 6.45) is 0. The molecule has 1 aromatic carbocycles. The lowest BCUT2D eigenvalue weighted by Crippen LogP contribution is -2.43. The fraction of sp³-hybridized carbons (Fsp3) is 0.400. The maximum absolute atomic E-state index is 10.6. The van der Waals surface area contributed by atoms with E-state index in [4.69, 9.17) is 9.79 Å². The van der Waals surface area contributed by atoms with Crippen LogP contribution in [0.2, 0.25) is 0 Å². The van der Waals surface area contributed by atoms with Gasteiger partial charge < -0.3 is 14.7 Å². The van der Waals surface area contributed by atoms with Crippen molar-refractivity contribution in [3.05, 3.63) is 24.3 Å². The summed E-state index contributed by atoms with van der Waals surface area (Å²) in [5.41, 5.74) is 1.03. The van der Waals surface area contributed by atoms with Gasteiger partial charge in [-0.15, -0.1) is 0 Å². The number of nitrogens with zero attached hydrogens (tertiary/aromatic N) is 1. The number of piperazine rings is 1. The van der Waals surface area contributed by atoms with E-state index in [-0.39, 0.29) is 5.75 Å². The van der Waals surface area contributed by atoms with Gasteiger partial charge in [0.15, 0.2) is 0 Å². The Balaban J connectivity index is 2.04. The predicted octanol–water partition coefficient (Wildman–Crippen LogP) is 0.568. The Hall–Kier alpha value is -1.07. The van der Waals surface area contributed by atoms with E-state index >= 15 is 0 Å². The van der Waals surface area contributed by atoms with E-state index < -0.39 is 7.82 Å². The molecule has 1 heterocycles. The quantitative estimate of drug-likeness (QED) is 0.687. The SMILES string of the molecule is O=P(O)(O)Oc1ccc(N2CCNCC2)cc1. The average molecular weight is 258 g/mol. The van der Waals surface area contributed by atoms with Crippen LogP contribution in [-0.4, -0.2) is 36.0 Å². The van der Waals surface area contributed by atoms with Gasteiger partial charge in [0.25, 0.3) is 0 Å². The number of hydrogen-bond acceptors (Lipinski definition) is 4. The molecule has 2 rings (SSSR count). The Kier molecular flexibility index (Phi) is 3.69. The highest BCUT2D eigenvalue weighted by Gasteiger charge is 2.16. The Labute approximate surface area is 99.4 Å². The molecule has 0 atom stereocenters. The Bertz CT molecular complexity index is 411. The first-order chi connectivity index (χ1) is 8.04. The zero-order valence-corrected chi connectivity index (χ0v) is 10.1. The second kappa shape index (κ2) is 5.06. The van der Waals surface area contributed by atoms with Gasteiger partial charge in [0.1, 0.15) is 5.75 Å². The van der Waals surface area contributed by atoms with E-state index in [2.05, 4.69) is 14.7 Å². The first kappa shape index (κ1) is 12.4. The van der Waals surface area contributed by atoms with Crippen LogP contribution in [0.5, 0.6) is 5.75 Å². The molecule has 1 aliphatic heterocycles. The van der Waals surface area contributed by atoms with E-state index in [1.54, 1.807) is 24.3 Å². The molecule has 0 saturated carbocycles. The van der Waals surface area contributed by atoms with Gasteiger partial charge in [0.2, 0.25) is 0 Å². The molecule has 1 saturated heterocycles. The number of benzene rings is 1. The van der Waals surface area contributed by atoms with Crippen LogP contribution < -0.4 is 14.7 Å². The van der Waals surface area contributed by atoms with Crippen LogP contribution in [0.25, 0.3) is 0 Å². The lowest BCUT2D eigenvalue weighted by molar-refractivity contribution is 0.283. The summed E-state index contributed by atoms with van der Waals surface area (Å²) in [5.74, 6) is 0.178. The maximum atomic E-state index is 10.6. The number of nitrogens with one attached hydrogen (secondary N) is 1. The molecule has 17 heavy (non-hydrogen) atoms. The van der Waals surface area contributed by atoms with Crippen molar-refractivity contribution in [2.75, 3.05) is 31.1 Å². The van der Waals surface area contributed by atoms with Crippen molar-refractivity contribution in [3.8, 4) is 5.75 Å². The van der Waals surface area contributed by atoms with Gasteiger partial charge in [-0.05, 0) is 24.3 Å². The molecule has 7 heteroatoms. The molecule has 3 N–H and O–H groups in total. The van der Waals surface area contributed by atoms with Crippen LogP contribution in [0, 0.1) is 0 Å². The van der Waals surface area contributed by atoms with Crippen LogP contribution in [-0.2, 0) is 4.57 Å². The van der Waals surface area contributed by atoms with Gasteiger partial charge in [0.05, 0.1) is 0 Å². The molecule has 1 aromatic rings. The van der Waals surface area contributed by atoms with Crippen molar-refractivity contribution in [1.82, 2.24) is 5.32 Å². The summed E-state index contributed by atoms with van der Waals surface area (Å²) in [6, 6.07) is 6.74. The molecular formula is C10H15N2O4P. The second-order valence-corrected chi connectivity index (χ2v) is 4.98. The van der Waals surface area contributed by atoms with Crippen molar-refractivity contribution in [2.45, 2.75) is 0 Å². The third-order valence-electron chi connectivity index (χ3n) is 2.54. The molecule has 94 valence electrons. The third-order valence-corrected chi connectivity index (χ3v) is 2.99. The molecule has 0 radical (unpaired) electrons. The summed E-state index contributed by atoms with van der Waals surface area (Å²) in [4.78, 5) is 19.5. The molecule has 0 unspecified atom stereocenters. The normalized spacial score (nSPS) is 16.9. The average Bonchev–Trinajstić information content (AvgIpc) is 2.29. The predicted molar refractivity (Wildman–Crippen MR) is 64.2 cm³/mol. The Morgan fingerprint density at radius 2 is 1.76 bits per heavy atom. The van der Waals surface area contributed by atoms with Gasteiger partial charge in [-0.25, -0.2) is 4.57 Å². The van der Waals surface area contributed by atoms with Gasteiger partial charge in [-0.2, -0.15) is 0 Å². The maximum Gasteiger partial charge on any atom is 0.524 e. The monoisotopic (exact) mass is 258 g/mol. The van der Waals surface area contributed by atoms with Gasteiger partial charge >= 0.3 is 7.82 Å². The van der Waals surface area contributed by atoms with Crippen molar-refractivity contribution >= 4 is 13.5 Å². The van der Waals surface area contributed by atoms with Crippen molar-refractivity contribution in [3.63, 3.8) is 0 Å². The molecular weight excluding hydrogens is 243 g/mol.